The maximum atomic E-state index is 12.8. The zero-order valence-corrected chi connectivity index (χ0v) is 22.2. The van der Waals surface area contributed by atoms with E-state index in [1.54, 1.807) is 31.2 Å². The average molecular weight is 526 g/mol. The summed E-state index contributed by atoms with van der Waals surface area (Å²) >= 11 is 0. The number of carbonyl (C=O) groups excluding carboxylic acids is 3. The quantitative estimate of drug-likeness (QED) is 0.188. The lowest BCUT2D eigenvalue weighted by molar-refractivity contribution is -0.134. The minimum absolute atomic E-state index is 0. The molecule has 0 aliphatic carbocycles. The molecule has 1 N–H and O–H groups in total. The molecule has 5 nitrogen and oxygen atoms in total. The molecule has 0 fully saturated rings. The van der Waals surface area contributed by atoms with E-state index >= 15 is 0 Å². The molecule has 0 saturated carbocycles. The molecule has 0 heterocycles. The summed E-state index contributed by atoms with van der Waals surface area (Å²) < 4.78 is 0. The van der Waals surface area contributed by atoms with Crippen LogP contribution in [-0.4, -0.2) is 47.2 Å². The smallest absolute Gasteiger partial charge is 0.254 e. The Labute approximate surface area is 232 Å². The number of carbonyl (C=O) groups is 3. The standard InChI is InChI=1S/C33H35NO4.CH4/c1-3-30(36)32(31(37)24-35)34(2)33(38)29-22-20-28(21-23-29)19-18-27-16-14-26(15-17-27)13-9-5-8-12-25-10-6-4-7-11-25;/h4,6-7,10-11,14-17,20-23,32,35H,3,5,8-9,12-13,24H2,1-2H3;1H4. The highest BCUT2D eigenvalue weighted by Crippen LogP contribution is 2.13. The maximum Gasteiger partial charge on any atom is 0.254 e. The van der Waals surface area contributed by atoms with Crippen LogP contribution in [0, 0.1) is 11.8 Å². The van der Waals surface area contributed by atoms with Gasteiger partial charge >= 0.3 is 0 Å². The summed E-state index contributed by atoms with van der Waals surface area (Å²) in [5.41, 5.74) is 4.71. The molecule has 5 heteroatoms. The van der Waals surface area contributed by atoms with Crippen LogP contribution in [0.5, 0.6) is 0 Å². The fraction of sp³-hybridized carbons (Fsp3) is 0.324. The molecule has 0 aromatic heterocycles. The van der Waals surface area contributed by atoms with Gasteiger partial charge in [0.2, 0.25) is 0 Å². The fourth-order valence-corrected chi connectivity index (χ4v) is 4.29. The van der Waals surface area contributed by atoms with Crippen LogP contribution in [0.25, 0.3) is 0 Å². The second-order valence-corrected chi connectivity index (χ2v) is 9.33. The van der Waals surface area contributed by atoms with Crippen LogP contribution in [0.1, 0.15) is 72.6 Å². The summed E-state index contributed by atoms with van der Waals surface area (Å²) in [5.74, 6) is 4.71. The highest BCUT2D eigenvalue weighted by atomic mass is 16.3. The number of rotatable bonds is 12. The van der Waals surface area contributed by atoms with Crippen LogP contribution < -0.4 is 0 Å². The SMILES string of the molecule is C.CCC(=O)C(C(=O)CO)N(C)C(=O)c1ccc(C#Cc2ccc(CCCCCc3ccccc3)cc2)cc1. The predicted octanol–water partition coefficient (Wildman–Crippen LogP) is 5.66. The van der Waals surface area contributed by atoms with Crippen LogP contribution in [0.2, 0.25) is 0 Å². The Morgan fingerprint density at radius 3 is 1.77 bits per heavy atom. The number of aliphatic hydroxyl groups excluding tert-OH is 1. The van der Waals surface area contributed by atoms with Crippen LogP contribution in [0.3, 0.4) is 0 Å². The number of nitrogens with zero attached hydrogens (tertiary/aromatic N) is 1. The molecular weight excluding hydrogens is 486 g/mol. The van der Waals surface area contributed by atoms with Gasteiger partial charge in [-0.1, -0.05) is 75.1 Å². The molecule has 0 saturated heterocycles. The molecule has 0 aliphatic heterocycles. The van der Waals surface area contributed by atoms with Gasteiger partial charge in [-0.2, -0.15) is 0 Å². The van der Waals surface area contributed by atoms with E-state index in [0.717, 1.165) is 28.9 Å². The lowest BCUT2D eigenvalue weighted by atomic mass is 10.0. The number of amides is 1. The lowest BCUT2D eigenvalue weighted by Gasteiger charge is -2.25. The van der Waals surface area contributed by atoms with Gasteiger partial charge in [-0.15, -0.1) is 0 Å². The topological polar surface area (TPSA) is 74.7 Å². The van der Waals surface area contributed by atoms with Crippen molar-refractivity contribution < 1.29 is 19.5 Å². The summed E-state index contributed by atoms with van der Waals surface area (Å²) in [6.45, 7) is 0.825. The van der Waals surface area contributed by atoms with E-state index in [9.17, 15) is 19.5 Å². The summed E-state index contributed by atoms with van der Waals surface area (Å²) in [4.78, 5) is 38.1. The van der Waals surface area contributed by atoms with Gasteiger partial charge in [0.1, 0.15) is 6.61 Å². The van der Waals surface area contributed by atoms with Crippen molar-refractivity contribution in [1.82, 2.24) is 4.90 Å². The number of ketones is 2. The number of benzene rings is 3. The minimum atomic E-state index is -1.28. The molecule has 0 bridgehead atoms. The van der Waals surface area contributed by atoms with Crippen LogP contribution in [-0.2, 0) is 22.4 Å². The molecule has 0 spiro atoms. The van der Waals surface area contributed by atoms with Crippen molar-refractivity contribution >= 4 is 17.5 Å². The molecule has 39 heavy (non-hydrogen) atoms. The molecule has 1 amide bonds. The summed E-state index contributed by atoms with van der Waals surface area (Å²) in [7, 11) is 1.40. The Morgan fingerprint density at radius 2 is 1.26 bits per heavy atom. The van der Waals surface area contributed by atoms with Gasteiger partial charge < -0.3 is 10.0 Å². The van der Waals surface area contributed by atoms with Crippen molar-refractivity contribution in [2.75, 3.05) is 13.7 Å². The molecule has 1 atom stereocenters. The Bertz CT molecular complexity index is 1250. The maximum absolute atomic E-state index is 12.8. The number of Topliss-reactive ketones (excluding diaryl/α,β-unsaturated/α-hetero) is 2. The van der Waals surface area contributed by atoms with Crippen molar-refractivity contribution in [3.05, 3.63) is 107 Å². The monoisotopic (exact) mass is 525 g/mol. The highest BCUT2D eigenvalue weighted by Gasteiger charge is 2.32. The largest absolute Gasteiger partial charge is 0.388 e. The molecule has 0 radical (unpaired) electrons. The molecule has 1 unspecified atom stereocenters. The van der Waals surface area contributed by atoms with Gasteiger partial charge in [0, 0.05) is 30.2 Å². The van der Waals surface area contributed by atoms with Gasteiger partial charge in [0.05, 0.1) is 0 Å². The van der Waals surface area contributed by atoms with E-state index in [4.69, 9.17) is 0 Å². The summed E-state index contributed by atoms with van der Waals surface area (Å²) in [6.07, 6.45) is 5.85. The molecule has 3 aromatic rings. The lowest BCUT2D eigenvalue weighted by Crippen LogP contribution is -2.48. The normalized spacial score (nSPS) is 10.9. The number of aryl methyl sites for hydroxylation is 2. The first-order chi connectivity index (χ1) is 18.4. The van der Waals surface area contributed by atoms with Crippen molar-refractivity contribution in [1.29, 1.82) is 0 Å². The second-order valence-electron chi connectivity index (χ2n) is 9.33. The predicted molar refractivity (Wildman–Crippen MR) is 157 cm³/mol. The van der Waals surface area contributed by atoms with E-state index in [1.807, 2.05) is 12.1 Å². The first-order valence-corrected chi connectivity index (χ1v) is 13.1. The van der Waals surface area contributed by atoms with Crippen molar-refractivity contribution in [2.45, 2.75) is 58.9 Å². The molecule has 204 valence electrons. The van der Waals surface area contributed by atoms with Crippen molar-refractivity contribution in [2.24, 2.45) is 0 Å². The van der Waals surface area contributed by atoms with E-state index in [0.29, 0.717) is 5.56 Å². The van der Waals surface area contributed by atoms with Crippen LogP contribution in [0.4, 0.5) is 0 Å². The Hall–Kier alpha value is -4.01. The van der Waals surface area contributed by atoms with Crippen molar-refractivity contribution in [3.63, 3.8) is 0 Å². The van der Waals surface area contributed by atoms with Gasteiger partial charge in [-0.25, -0.2) is 0 Å². The Morgan fingerprint density at radius 1 is 0.744 bits per heavy atom. The third-order valence-electron chi connectivity index (χ3n) is 6.53. The Kier molecular flexibility index (Phi) is 12.9. The number of aliphatic hydroxyl groups is 1. The van der Waals surface area contributed by atoms with Crippen LogP contribution in [0.15, 0.2) is 78.9 Å². The molecule has 3 aromatic carbocycles. The van der Waals surface area contributed by atoms with Crippen LogP contribution >= 0.6 is 0 Å². The average Bonchev–Trinajstić information content (AvgIpc) is 2.96. The van der Waals surface area contributed by atoms with E-state index in [1.165, 1.54) is 37.4 Å². The Balaban J connectivity index is 0.00000533. The van der Waals surface area contributed by atoms with Gasteiger partial charge in [0.25, 0.3) is 5.91 Å². The zero-order valence-electron chi connectivity index (χ0n) is 22.2. The summed E-state index contributed by atoms with van der Waals surface area (Å²) in [6, 6.07) is 24.4. The van der Waals surface area contributed by atoms with Crippen molar-refractivity contribution in [3.8, 4) is 11.8 Å². The van der Waals surface area contributed by atoms with Gasteiger partial charge in [-0.3, -0.25) is 14.4 Å². The molecular formula is C34H39NO4. The van der Waals surface area contributed by atoms with Gasteiger partial charge in [-0.05, 0) is 73.2 Å². The van der Waals surface area contributed by atoms with E-state index in [2.05, 4.69) is 54.3 Å². The zero-order chi connectivity index (χ0) is 27.3. The minimum Gasteiger partial charge on any atom is -0.388 e. The second kappa shape index (κ2) is 16.1. The number of unbranched alkanes of at least 4 members (excludes halogenated alkanes) is 2. The third kappa shape index (κ3) is 9.35. The number of hydrogen-bond acceptors (Lipinski definition) is 4. The fourth-order valence-electron chi connectivity index (χ4n) is 4.29. The number of likely N-dealkylation sites (N-methyl/N-ethyl adjacent to an activating group) is 1. The third-order valence-corrected chi connectivity index (χ3v) is 6.53. The number of hydrogen-bond donors (Lipinski definition) is 1. The van der Waals surface area contributed by atoms with E-state index in [-0.39, 0.29) is 13.8 Å². The summed E-state index contributed by atoms with van der Waals surface area (Å²) in [5, 5.41) is 9.19. The molecule has 3 rings (SSSR count). The first kappa shape index (κ1) is 31.2. The van der Waals surface area contributed by atoms with Gasteiger partial charge in [0.15, 0.2) is 17.6 Å². The highest BCUT2D eigenvalue weighted by molar-refractivity contribution is 6.10. The van der Waals surface area contributed by atoms with E-state index < -0.39 is 30.1 Å². The first-order valence-electron chi connectivity index (χ1n) is 13.1. The molecule has 0 aliphatic rings.